The van der Waals surface area contributed by atoms with E-state index in [9.17, 15) is 9.59 Å². The third kappa shape index (κ3) is 4.15. The molecule has 0 atom stereocenters. The second-order valence-corrected chi connectivity index (χ2v) is 6.37. The van der Waals surface area contributed by atoms with Gasteiger partial charge in [0.1, 0.15) is 6.07 Å². The van der Waals surface area contributed by atoms with E-state index < -0.39 is 0 Å². The molecule has 112 valence electrons. The number of hydrogen-bond acceptors (Lipinski definition) is 3. The molecule has 0 saturated heterocycles. The molecule has 2 amide bonds. The standard InChI is InChI=1S/C16H19BrN2O2/c1-10(2)9-19(15(20)11(3)4)16(21)13-7-5-6-12(8-18)14(13)17/h5-7,10-11H,9H2,1-4H3. The van der Waals surface area contributed by atoms with Crippen molar-refractivity contribution in [2.24, 2.45) is 11.8 Å². The van der Waals surface area contributed by atoms with E-state index in [1.54, 1.807) is 32.0 Å². The van der Waals surface area contributed by atoms with Gasteiger partial charge in [-0.1, -0.05) is 33.8 Å². The Balaban J connectivity index is 3.23. The molecule has 0 heterocycles. The molecule has 1 aromatic carbocycles. The predicted molar refractivity (Wildman–Crippen MR) is 84.6 cm³/mol. The third-order valence-electron chi connectivity index (χ3n) is 2.90. The smallest absolute Gasteiger partial charge is 0.261 e. The summed E-state index contributed by atoms with van der Waals surface area (Å²) in [6.45, 7) is 7.80. The summed E-state index contributed by atoms with van der Waals surface area (Å²) in [5, 5.41) is 9.03. The molecule has 1 aromatic rings. The predicted octanol–water partition coefficient (Wildman–Crippen LogP) is 3.60. The van der Waals surface area contributed by atoms with Gasteiger partial charge in [0.25, 0.3) is 5.91 Å². The van der Waals surface area contributed by atoms with E-state index in [1.165, 1.54) is 4.90 Å². The first-order chi connectivity index (χ1) is 9.79. The summed E-state index contributed by atoms with van der Waals surface area (Å²) in [5.74, 6) is -0.658. The van der Waals surface area contributed by atoms with Crippen LogP contribution in [0.2, 0.25) is 0 Å². The van der Waals surface area contributed by atoms with Crippen LogP contribution in [-0.2, 0) is 4.79 Å². The Morgan fingerprint density at radius 3 is 2.38 bits per heavy atom. The van der Waals surface area contributed by atoms with Gasteiger partial charge in [0.15, 0.2) is 0 Å². The molecule has 0 unspecified atom stereocenters. The fraction of sp³-hybridized carbons (Fsp3) is 0.438. The van der Waals surface area contributed by atoms with Crippen LogP contribution in [0.25, 0.3) is 0 Å². The second-order valence-electron chi connectivity index (χ2n) is 5.58. The average Bonchev–Trinajstić information content (AvgIpc) is 2.43. The number of hydrogen-bond donors (Lipinski definition) is 0. The first kappa shape index (κ1) is 17.4. The lowest BCUT2D eigenvalue weighted by molar-refractivity contribution is -0.132. The molecule has 0 spiro atoms. The van der Waals surface area contributed by atoms with Gasteiger partial charge in [-0.2, -0.15) is 5.26 Å². The Morgan fingerprint density at radius 2 is 1.90 bits per heavy atom. The van der Waals surface area contributed by atoms with E-state index in [4.69, 9.17) is 5.26 Å². The maximum atomic E-state index is 12.7. The highest BCUT2D eigenvalue weighted by atomic mass is 79.9. The molecule has 21 heavy (non-hydrogen) atoms. The maximum Gasteiger partial charge on any atom is 0.261 e. The second kappa shape index (κ2) is 7.37. The molecular formula is C16H19BrN2O2. The van der Waals surface area contributed by atoms with Gasteiger partial charge in [-0.05, 0) is 34.0 Å². The van der Waals surface area contributed by atoms with Crippen LogP contribution in [-0.4, -0.2) is 23.3 Å². The first-order valence-corrected chi connectivity index (χ1v) is 7.63. The van der Waals surface area contributed by atoms with Gasteiger partial charge in [-0.15, -0.1) is 0 Å². The number of carbonyl (C=O) groups excluding carboxylic acids is 2. The number of imide groups is 1. The minimum atomic E-state index is -0.369. The molecule has 0 saturated carbocycles. The van der Waals surface area contributed by atoms with Gasteiger partial charge < -0.3 is 0 Å². The van der Waals surface area contributed by atoms with Crippen LogP contribution in [0, 0.1) is 23.2 Å². The van der Waals surface area contributed by atoms with Crippen molar-refractivity contribution in [3.8, 4) is 6.07 Å². The van der Waals surface area contributed by atoms with Gasteiger partial charge in [0, 0.05) is 16.9 Å². The summed E-state index contributed by atoms with van der Waals surface area (Å²) >= 11 is 3.28. The van der Waals surface area contributed by atoms with Crippen molar-refractivity contribution in [2.75, 3.05) is 6.54 Å². The van der Waals surface area contributed by atoms with Gasteiger partial charge in [-0.3, -0.25) is 14.5 Å². The Bertz CT molecular complexity index is 588. The van der Waals surface area contributed by atoms with Crippen LogP contribution in [0.1, 0.15) is 43.6 Å². The van der Waals surface area contributed by atoms with Crippen molar-refractivity contribution in [1.82, 2.24) is 4.90 Å². The molecule has 5 heteroatoms. The lowest BCUT2D eigenvalue weighted by Gasteiger charge is -2.25. The van der Waals surface area contributed by atoms with Crippen molar-refractivity contribution in [3.05, 3.63) is 33.8 Å². The van der Waals surface area contributed by atoms with E-state index in [2.05, 4.69) is 15.9 Å². The van der Waals surface area contributed by atoms with Crippen molar-refractivity contribution < 1.29 is 9.59 Å². The SMILES string of the molecule is CC(C)CN(C(=O)c1cccc(C#N)c1Br)C(=O)C(C)C. The molecule has 0 N–H and O–H groups in total. The monoisotopic (exact) mass is 350 g/mol. The van der Waals surface area contributed by atoms with E-state index in [1.807, 2.05) is 19.9 Å². The molecule has 0 fully saturated rings. The minimum Gasteiger partial charge on any atom is -0.278 e. The number of benzene rings is 1. The molecule has 1 rings (SSSR count). The average molecular weight is 351 g/mol. The fourth-order valence-corrected chi connectivity index (χ4v) is 2.40. The maximum absolute atomic E-state index is 12.7. The summed E-state index contributed by atoms with van der Waals surface area (Å²) in [6.07, 6.45) is 0. The highest BCUT2D eigenvalue weighted by molar-refractivity contribution is 9.10. The summed E-state index contributed by atoms with van der Waals surface area (Å²) in [7, 11) is 0. The van der Waals surface area contributed by atoms with Gasteiger partial charge in [-0.25, -0.2) is 0 Å². The molecule has 0 aromatic heterocycles. The van der Waals surface area contributed by atoms with Crippen molar-refractivity contribution in [1.29, 1.82) is 5.26 Å². The lowest BCUT2D eigenvalue weighted by atomic mass is 10.1. The number of carbonyl (C=O) groups is 2. The van der Waals surface area contributed by atoms with E-state index in [0.717, 1.165) is 0 Å². The third-order valence-corrected chi connectivity index (χ3v) is 3.76. The summed E-state index contributed by atoms with van der Waals surface area (Å²) in [4.78, 5) is 26.2. The summed E-state index contributed by atoms with van der Waals surface area (Å²) in [6, 6.07) is 6.90. The highest BCUT2D eigenvalue weighted by Gasteiger charge is 2.27. The number of nitriles is 1. The minimum absolute atomic E-state index is 0.176. The van der Waals surface area contributed by atoms with Crippen LogP contribution in [0.5, 0.6) is 0 Å². The molecule has 4 nitrogen and oxygen atoms in total. The van der Waals surface area contributed by atoms with Crippen LogP contribution >= 0.6 is 15.9 Å². The molecule has 0 bridgehead atoms. The Hall–Kier alpha value is -1.67. The largest absolute Gasteiger partial charge is 0.278 e. The lowest BCUT2D eigenvalue weighted by Crippen LogP contribution is -2.41. The molecule has 0 aliphatic rings. The van der Waals surface area contributed by atoms with Crippen molar-refractivity contribution in [3.63, 3.8) is 0 Å². The molecule has 0 radical (unpaired) electrons. The highest BCUT2D eigenvalue weighted by Crippen LogP contribution is 2.23. The zero-order chi connectivity index (χ0) is 16.2. The Kier molecular flexibility index (Phi) is 6.10. The Morgan fingerprint density at radius 1 is 1.29 bits per heavy atom. The van der Waals surface area contributed by atoms with E-state index in [0.29, 0.717) is 22.1 Å². The zero-order valence-electron chi connectivity index (χ0n) is 12.7. The van der Waals surface area contributed by atoms with Gasteiger partial charge in [0.05, 0.1) is 11.1 Å². The van der Waals surface area contributed by atoms with Crippen LogP contribution in [0.3, 0.4) is 0 Å². The number of halogens is 1. The molecule has 0 aliphatic carbocycles. The number of rotatable bonds is 4. The van der Waals surface area contributed by atoms with E-state index >= 15 is 0 Å². The Labute approximate surface area is 133 Å². The topological polar surface area (TPSA) is 61.2 Å². The molecular weight excluding hydrogens is 332 g/mol. The number of amides is 2. The molecule has 0 aliphatic heterocycles. The number of nitrogens with zero attached hydrogens (tertiary/aromatic N) is 2. The van der Waals surface area contributed by atoms with Crippen molar-refractivity contribution in [2.45, 2.75) is 27.7 Å². The summed E-state index contributed by atoms with van der Waals surface area (Å²) < 4.78 is 0.433. The van der Waals surface area contributed by atoms with Gasteiger partial charge in [0.2, 0.25) is 5.91 Å². The van der Waals surface area contributed by atoms with Crippen LogP contribution in [0.15, 0.2) is 22.7 Å². The quantitative estimate of drug-likeness (QED) is 0.833. The van der Waals surface area contributed by atoms with Crippen LogP contribution < -0.4 is 0 Å². The van der Waals surface area contributed by atoms with Crippen LogP contribution in [0.4, 0.5) is 0 Å². The normalized spacial score (nSPS) is 10.6. The fourth-order valence-electron chi connectivity index (χ4n) is 1.88. The van der Waals surface area contributed by atoms with Gasteiger partial charge >= 0.3 is 0 Å². The summed E-state index contributed by atoms with van der Waals surface area (Å²) in [5.41, 5.74) is 0.714. The zero-order valence-corrected chi connectivity index (χ0v) is 14.3. The van der Waals surface area contributed by atoms with E-state index in [-0.39, 0.29) is 23.7 Å². The first-order valence-electron chi connectivity index (χ1n) is 6.83. The van der Waals surface area contributed by atoms with Crippen molar-refractivity contribution >= 4 is 27.7 Å².